The van der Waals surface area contributed by atoms with E-state index < -0.39 is 0 Å². The van der Waals surface area contributed by atoms with Gasteiger partial charge in [0.25, 0.3) is 5.91 Å². The molecule has 2 aromatic rings. The Morgan fingerprint density at radius 2 is 1.69 bits per heavy atom. The molecule has 2 heterocycles. The summed E-state index contributed by atoms with van der Waals surface area (Å²) in [4.78, 5) is 24.7. The third-order valence-corrected chi connectivity index (χ3v) is 7.82. The first-order valence-electron chi connectivity index (χ1n) is 12.7. The number of amides is 1. The number of imidazole rings is 1. The third-order valence-electron chi connectivity index (χ3n) is 7.82. The molecule has 35 heavy (non-hydrogen) atoms. The van der Waals surface area contributed by atoms with Crippen molar-refractivity contribution in [2.24, 2.45) is 0 Å². The SMILES string of the molecule is Cc1cccc(N2CCN(CCCN(C)C(=O)c3nc(C)n(C4CCCC4)c3C)CC2)c1C.Cl.Cl. The van der Waals surface area contributed by atoms with Crippen molar-refractivity contribution < 1.29 is 4.79 Å². The van der Waals surface area contributed by atoms with Crippen molar-refractivity contribution in [1.29, 1.82) is 0 Å². The highest BCUT2D eigenvalue weighted by Crippen LogP contribution is 2.32. The number of carbonyl (C=O) groups excluding carboxylic acids is 1. The summed E-state index contributed by atoms with van der Waals surface area (Å²) in [6.07, 6.45) is 5.97. The number of rotatable bonds is 7. The number of hydrogen-bond acceptors (Lipinski definition) is 4. The lowest BCUT2D eigenvalue weighted by Crippen LogP contribution is -2.47. The number of benzene rings is 1. The second-order valence-corrected chi connectivity index (χ2v) is 10.0. The summed E-state index contributed by atoms with van der Waals surface area (Å²) in [6, 6.07) is 7.12. The zero-order valence-corrected chi connectivity index (χ0v) is 23.7. The number of nitrogens with zero attached hydrogens (tertiary/aromatic N) is 5. The van der Waals surface area contributed by atoms with Gasteiger partial charge in [0.2, 0.25) is 0 Å². The van der Waals surface area contributed by atoms with Gasteiger partial charge in [0, 0.05) is 57.2 Å². The van der Waals surface area contributed by atoms with E-state index >= 15 is 0 Å². The van der Waals surface area contributed by atoms with Gasteiger partial charge in [-0.1, -0.05) is 25.0 Å². The van der Waals surface area contributed by atoms with Crippen LogP contribution >= 0.6 is 24.8 Å². The minimum Gasteiger partial charge on any atom is -0.369 e. The Labute approximate surface area is 223 Å². The lowest BCUT2D eigenvalue weighted by Gasteiger charge is -2.37. The maximum atomic E-state index is 13.1. The van der Waals surface area contributed by atoms with Crippen LogP contribution in [0.25, 0.3) is 0 Å². The molecular weight excluding hydrogens is 481 g/mol. The summed E-state index contributed by atoms with van der Waals surface area (Å²) in [7, 11) is 1.92. The Kier molecular flexibility index (Phi) is 10.9. The van der Waals surface area contributed by atoms with E-state index in [0.717, 1.165) is 57.2 Å². The number of aryl methyl sites for hydroxylation is 2. The van der Waals surface area contributed by atoms with E-state index in [-0.39, 0.29) is 30.7 Å². The Morgan fingerprint density at radius 1 is 1.03 bits per heavy atom. The molecule has 0 bridgehead atoms. The number of aromatic nitrogens is 2. The van der Waals surface area contributed by atoms with Gasteiger partial charge in [0.15, 0.2) is 0 Å². The van der Waals surface area contributed by atoms with E-state index in [1.54, 1.807) is 0 Å². The molecule has 0 radical (unpaired) electrons. The van der Waals surface area contributed by atoms with Gasteiger partial charge in [-0.15, -0.1) is 24.8 Å². The molecule has 1 saturated heterocycles. The maximum absolute atomic E-state index is 13.1. The van der Waals surface area contributed by atoms with Gasteiger partial charge >= 0.3 is 0 Å². The predicted octanol–water partition coefficient (Wildman–Crippen LogP) is 5.36. The molecule has 196 valence electrons. The Bertz CT molecular complexity index is 978. The number of halogens is 2. The largest absolute Gasteiger partial charge is 0.369 e. The van der Waals surface area contributed by atoms with Crippen molar-refractivity contribution in [2.75, 3.05) is 51.2 Å². The van der Waals surface area contributed by atoms with Crippen LogP contribution in [0.15, 0.2) is 18.2 Å². The maximum Gasteiger partial charge on any atom is 0.274 e. The van der Waals surface area contributed by atoms with Gasteiger partial charge in [-0.05, 0) is 70.7 Å². The first kappa shape index (κ1) is 29.5. The van der Waals surface area contributed by atoms with Gasteiger partial charge in [0.05, 0.1) is 0 Å². The van der Waals surface area contributed by atoms with E-state index in [0.29, 0.717) is 11.7 Å². The normalized spacial score (nSPS) is 16.7. The van der Waals surface area contributed by atoms with Gasteiger partial charge in [-0.3, -0.25) is 9.69 Å². The Balaban J connectivity index is 0.00000216. The quantitative estimate of drug-likeness (QED) is 0.489. The van der Waals surface area contributed by atoms with Gasteiger partial charge in [-0.2, -0.15) is 0 Å². The molecule has 1 amide bonds. The molecular formula is C27H43Cl2N5O. The summed E-state index contributed by atoms with van der Waals surface area (Å²) < 4.78 is 2.31. The highest BCUT2D eigenvalue weighted by molar-refractivity contribution is 5.93. The number of anilines is 1. The van der Waals surface area contributed by atoms with E-state index in [1.807, 2.05) is 18.9 Å². The standard InChI is InChI=1S/C27H41N5O.2ClH/c1-20-10-8-13-25(21(20)2)31-18-16-30(17-19-31)15-9-14-29(5)27(33)26-22(3)32(23(4)28-26)24-11-6-7-12-24;;/h8,10,13,24H,6-7,9,11-12,14-19H2,1-5H3;2*1H. The van der Waals surface area contributed by atoms with Crippen molar-refractivity contribution in [2.45, 2.75) is 65.8 Å². The molecule has 0 N–H and O–H groups in total. The highest BCUT2D eigenvalue weighted by atomic mass is 35.5. The molecule has 4 rings (SSSR count). The molecule has 1 aliphatic heterocycles. The zero-order valence-electron chi connectivity index (χ0n) is 22.0. The van der Waals surface area contributed by atoms with Crippen molar-refractivity contribution in [3.05, 3.63) is 46.5 Å². The summed E-state index contributed by atoms with van der Waals surface area (Å²) in [5.41, 5.74) is 5.82. The third kappa shape index (κ3) is 6.52. The van der Waals surface area contributed by atoms with Crippen molar-refractivity contribution >= 4 is 36.4 Å². The molecule has 0 spiro atoms. The second kappa shape index (κ2) is 13.0. The average Bonchev–Trinajstić information content (AvgIpc) is 3.43. The molecule has 0 atom stereocenters. The minimum atomic E-state index is 0. The van der Waals surface area contributed by atoms with Gasteiger partial charge in [0.1, 0.15) is 11.5 Å². The number of carbonyl (C=O) groups is 1. The van der Waals surface area contributed by atoms with E-state index in [2.05, 4.69) is 58.3 Å². The molecule has 2 fully saturated rings. The lowest BCUT2D eigenvalue weighted by molar-refractivity contribution is 0.0781. The number of piperazine rings is 1. The van der Waals surface area contributed by atoms with Crippen LogP contribution in [-0.4, -0.2) is 71.6 Å². The predicted molar refractivity (Wildman–Crippen MR) is 150 cm³/mol. The van der Waals surface area contributed by atoms with E-state index in [1.165, 1.54) is 42.5 Å². The monoisotopic (exact) mass is 523 g/mol. The average molecular weight is 525 g/mol. The summed E-state index contributed by atoms with van der Waals surface area (Å²) in [5.74, 6) is 1.05. The second-order valence-electron chi connectivity index (χ2n) is 10.0. The fourth-order valence-electron chi connectivity index (χ4n) is 5.66. The molecule has 1 saturated carbocycles. The fraction of sp³-hybridized carbons (Fsp3) is 0.630. The van der Waals surface area contributed by atoms with Gasteiger partial charge in [-0.25, -0.2) is 4.98 Å². The topological polar surface area (TPSA) is 44.6 Å². The molecule has 2 aliphatic rings. The van der Waals surface area contributed by atoms with E-state index in [4.69, 9.17) is 0 Å². The van der Waals surface area contributed by atoms with E-state index in [9.17, 15) is 4.79 Å². The minimum absolute atomic E-state index is 0. The lowest BCUT2D eigenvalue weighted by atomic mass is 10.1. The van der Waals surface area contributed by atoms with Crippen molar-refractivity contribution in [3.8, 4) is 0 Å². The Morgan fingerprint density at radius 3 is 2.34 bits per heavy atom. The fourth-order valence-corrected chi connectivity index (χ4v) is 5.66. The molecule has 1 aliphatic carbocycles. The summed E-state index contributed by atoms with van der Waals surface area (Å²) in [6.45, 7) is 14.6. The van der Waals surface area contributed by atoms with Crippen LogP contribution in [0.4, 0.5) is 5.69 Å². The highest BCUT2D eigenvalue weighted by Gasteiger charge is 2.26. The Hall–Kier alpha value is -1.76. The smallest absolute Gasteiger partial charge is 0.274 e. The summed E-state index contributed by atoms with van der Waals surface area (Å²) >= 11 is 0. The van der Waals surface area contributed by atoms with Crippen LogP contribution in [-0.2, 0) is 0 Å². The van der Waals surface area contributed by atoms with Crippen LogP contribution in [0.2, 0.25) is 0 Å². The van der Waals surface area contributed by atoms with Crippen LogP contribution < -0.4 is 4.90 Å². The molecule has 1 aromatic carbocycles. The molecule has 0 unspecified atom stereocenters. The zero-order chi connectivity index (χ0) is 23.5. The van der Waals surface area contributed by atoms with Crippen molar-refractivity contribution in [1.82, 2.24) is 19.4 Å². The first-order chi connectivity index (χ1) is 15.9. The van der Waals surface area contributed by atoms with Crippen LogP contribution in [0, 0.1) is 27.7 Å². The summed E-state index contributed by atoms with van der Waals surface area (Å²) in [5, 5.41) is 0. The van der Waals surface area contributed by atoms with Gasteiger partial charge < -0.3 is 14.4 Å². The van der Waals surface area contributed by atoms with Crippen LogP contribution in [0.1, 0.15) is 71.3 Å². The first-order valence-corrected chi connectivity index (χ1v) is 12.7. The molecule has 1 aromatic heterocycles. The molecule has 6 nitrogen and oxygen atoms in total. The van der Waals surface area contributed by atoms with Crippen LogP contribution in [0.3, 0.4) is 0 Å². The van der Waals surface area contributed by atoms with Crippen molar-refractivity contribution in [3.63, 3.8) is 0 Å². The molecule has 8 heteroatoms. The van der Waals surface area contributed by atoms with Crippen LogP contribution in [0.5, 0.6) is 0 Å². The number of hydrogen-bond donors (Lipinski definition) is 0.